The molecule has 1 heterocycles. The topological polar surface area (TPSA) is 101 Å². The molecule has 196 valence electrons. The smallest absolute Gasteiger partial charge is 0.240 e. The lowest BCUT2D eigenvalue weighted by molar-refractivity contribution is -0.122. The number of para-hydroxylation sites is 1. The lowest BCUT2D eigenvalue weighted by atomic mass is 10.1. The SMILES string of the molecule is CCOc1cc(/C=N\N=C2\NC(=O)[C@@H](CC(=O)Nc3ccccc3)S2)cc(Br)c1OCc1ccccc1C. The molecule has 8 nitrogen and oxygen atoms in total. The van der Waals surface area contributed by atoms with E-state index in [-0.39, 0.29) is 18.2 Å². The van der Waals surface area contributed by atoms with Gasteiger partial charge in [-0.05, 0) is 70.7 Å². The first-order valence-electron chi connectivity index (χ1n) is 12.0. The second-order valence-electron chi connectivity index (χ2n) is 8.34. The Morgan fingerprint density at radius 2 is 1.89 bits per heavy atom. The van der Waals surface area contributed by atoms with Crippen LogP contribution in [0.5, 0.6) is 11.5 Å². The zero-order valence-corrected chi connectivity index (χ0v) is 23.3. The van der Waals surface area contributed by atoms with Crippen LogP contribution in [0.15, 0.2) is 81.4 Å². The Kier molecular flexibility index (Phi) is 9.56. The highest BCUT2D eigenvalue weighted by Crippen LogP contribution is 2.37. The van der Waals surface area contributed by atoms with E-state index >= 15 is 0 Å². The maximum Gasteiger partial charge on any atom is 0.240 e. The number of hydrogen-bond donors (Lipinski definition) is 2. The fraction of sp³-hybridized carbons (Fsp3) is 0.214. The van der Waals surface area contributed by atoms with Crippen molar-refractivity contribution in [3.63, 3.8) is 0 Å². The van der Waals surface area contributed by atoms with E-state index in [1.807, 2.05) is 68.4 Å². The van der Waals surface area contributed by atoms with Gasteiger partial charge in [0.1, 0.15) is 11.9 Å². The fourth-order valence-electron chi connectivity index (χ4n) is 3.62. The van der Waals surface area contributed by atoms with Gasteiger partial charge >= 0.3 is 0 Å². The average molecular weight is 596 g/mol. The van der Waals surface area contributed by atoms with Crippen LogP contribution < -0.4 is 20.1 Å². The van der Waals surface area contributed by atoms with Gasteiger partial charge in [-0.2, -0.15) is 5.10 Å². The van der Waals surface area contributed by atoms with E-state index in [0.29, 0.717) is 35.6 Å². The molecule has 2 amide bonds. The van der Waals surface area contributed by atoms with Gasteiger partial charge in [0.15, 0.2) is 16.7 Å². The standard InChI is InChI=1S/C28H27BrN4O4S/c1-3-36-23-14-19(13-22(29)26(23)37-17-20-10-8-7-9-18(20)2)16-30-33-28-32-27(35)24(38-28)15-25(34)31-21-11-5-4-6-12-21/h4-14,16,24H,3,15,17H2,1-2H3,(H,31,34)(H,32,33,35)/b30-16-/t24-/m1/s1. The van der Waals surface area contributed by atoms with Crippen LogP contribution in [0.2, 0.25) is 0 Å². The number of aryl methyl sites for hydroxylation is 1. The van der Waals surface area contributed by atoms with Gasteiger partial charge in [-0.25, -0.2) is 0 Å². The van der Waals surface area contributed by atoms with Crippen molar-refractivity contribution < 1.29 is 19.1 Å². The lowest BCUT2D eigenvalue weighted by Crippen LogP contribution is -2.28. The summed E-state index contributed by atoms with van der Waals surface area (Å²) < 4.78 is 12.6. The molecule has 1 saturated heterocycles. The summed E-state index contributed by atoms with van der Waals surface area (Å²) in [6.07, 6.45) is 1.59. The Hall–Kier alpha value is -3.63. The third kappa shape index (κ3) is 7.45. The Labute approximate surface area is 234 Å². The molecule has 1 fully saturated rings. The first-order valence-corrected chi connectivity index (χ1v) is 13.7. The normalized spacial score (nSPS) is 16.0. The van der Waals surface area contributed by atoms with Crippen molar-refractivity contribution >= 4 is 56.6 Å². The molecule has 1 atom stereocenters. The van der Waals surface area contributed by atoms with Gasteiger partial charge < -0.3 is 20.1 Å². The number of nitrogens with one attached hydrogen (secondary N) is 2. The van der Waals surface area contributed by atoms with E-state index in [0.717, 1.165) is 21.2 Å². The second-order valence-corrected chi connectivity index (χ2v) is 10.4. The number of amidine groups is 1. The van der Waals surface area contributed by atoms with E-state index in [9.17, 15) is 9.59 Å². The quantitative estimate of drug-likeness (QED) is 0.232. The van der Waals surface area contributed by atoms with Crippen LogP contribution >= 0.6 is 27.7 Å². The van der Waals surface area contributed by atoms with E-state index in [1.165, 1.54) is 11.8 Å². The summed E-state index contributed by atoms with van der Waals surface area (Å²) in [6.45, 7) is 4.83. The molecule has 1 aliphatic heterocycles. The number of carbonyl (C=O) groups excluding carboxylic acids is 2. The number of thioether (sulfide) groups is 1. The molecular formula is C28H27BrN4O4S. The van der Waals surface area contributed by atoms with Gasteiger partial charge in [-0.1, -0.05) is 54.2 Å². The average Bonchev–Trinajstić information content (AvgIpc) is 3.23. The number of benzene rings is 3. The fourth-order valence-corrected chi connectivity index (χ4v) is 5.12. The number of carbonyl (C=O) groups is 2. The summed E-state index contributed by atoms with van der Waals surface area (Å²) in [7, 11) is 0. The molecule has 0 unspecified atom stereocenters. The predicted molar refractivity (Wildman–Crippen MR) is 155 cm³/mol. The van der Waals surface area contributed by atoms with Crippen molar-refractivity contribution in [3.05, 3.63) is 87.9 Å². The van der Waals surface area contributed by atoms with Crippen LogP contribution in [-0.2, 0) is 16.2 Å². The molecule has 1 aliphatic rings. The highest BCUT2D eigenvalue weighted by atomic mass is 79.9. The van der Waals surface area contributed by atoms with Crippen LogP contribution in [-0.4, -0.2) is 35.1 Å². The molecule has 0 radical (unpaired) electrons. The number of ether oxygens (including phenoxy) is 2. The maximum atomic E-state index is 12.3. The molecule has 0 spiro atoms. The third-order valence-electron chi connectivity index (χ3n) is 5.53. The van der Waals surface area contributed by atoms with Crippen LogP contribution in [0.3, 0.4) is 0 Å². The van der Waals surface area contributed by atoms with Crippen LogP contribution in [0.4, 0.5) is 5.69 Å². The summed E-state index contributed by atoms with van der Waals surface area (Å²) in [5.41, 5.74) is 3.67. The molecule has 38 heavy (non-hydrogen) atoms. The highest BCUT2D eigenvalue weighted by molar-refractivity contribution is 9.10. The van der Waals surface area contributed by atoms with Crippen molar-refractivity contribution in [2.75, 3.05) is 11.9 Å². The van der Waals surface area contributed by atoms with Crippen molar-refractivity contribution in [2.24, 2.45) is 10.2 Å². The van der Waals surface area contributed by atoms with Gasteiger partial charge in [-0.3, -0.25) is 9.59 Å². The van der Waals surface area contributed by atoms with Gasteiger partial charge in [0.25, 0.3) is 0 Å². The number of rotatable bonds is 10. The molecule has 4 rings (SSSR count). The Morgan fingerprint density at radius 3 is 2.66 bits per heavy atom. The van der Waals surface area contributed by atoms with Gasteiger partial charge in [0.2, 0.25) is 11.8 Å². The van der Waals surface area contributed by atoms with Crippen molar-refractivity contribution in [1.82, 2.24) is 5.32 Å². The van der Waals surface area contributed by atoms with Crippen molar-refractivity contribution in [3.8, 4) is 11.5 Å². The summed E-state index contributed by atoms with van der Waals surface area (Å²) in [6, 6.07) is 20.8. The number of amides is 2. The van der Waals surface area contributed by atoms with Crippen LogP contribution in [0.1, 0.15) is 30.0 Å². The minimum atomic E-state index is -0.573. The van der Waals surface area contributed by atoms with E-state index in [4.69, 9.17) is 9.47 Å². The van der Waals surface area contributed by atoms with Crippen LogP contribution in [0, 0.1) is 6.92 Å². The van der Waals surface area contributed by atoms with Gasteiger partial charge in [0, 0.05) is 12.1 Å². The highest BCUT2D eigenvalue weighted by Gasteiger charge is 2.32. The Morgan fingerprint density at radius 1 is 1.13 bits per heavy atom. The van der Waals surface area contributed by atoms with Gasteiger partial charge in [-0.15, -0.1) is 5.10 Å². The Bertz CT molecular complexity index is 1360. The first kappa shape index (κ1) is 27.4. The Balaban J connectivity index is 1.39. The number of halogens is 1. The monoisotopic (exact) mass is 594 g/mol. The zero-order valence-electron chi connectivity index (χ0n) is 20.9. The number of nitrogens with zero attached hydrogens (tertiary/aromatic N) is 2. The summed E-state index contributed by atoms with van der Waals surface area (Å²) in [5.74, 6) is 0.668. The largest absolute Gasteiger partial charge is 0.490 e. The molecule has 0 aromatic heterocycles. The van der Waals surface area contributed by atoms with Crippen LogP contribution in [0.25, 0.3) is 0 Å². The van der Waals surface area contributed by atoms with Crippen molar-refractivity contribution in [2.45, 2.75) is 32.1 Å². The van der Waals surface area contributed by atoms with E-state index in [1.54, 1.807) is 18.3 Å². The molecule has 3 aromatic rings. The number of hydrogen-bond acceptors (Lipinski definition) is 7. The van der Waals surface area contributed by atoms with Gasteiger partial charge in [0.05, 0.1) is 17.3 Å². The van der Waals surface area contributed by atoms with Crippen molar-refractivity contribution in [1.29, 1.82) is 0 Å². The molecule has 0 aliphatic carbocycles. The third-order valence-corrected chi connectivity index (χ3v) is 7.19. The molecule has 3 aromatic carbocycles. The number of anilines is 1. The molecule has 2 N–H and O–H groups in total. The summed E-state index contributed by atoms with van der Waals surface area (Å²) >= 11 is 4.76. The van der Waals surface area contributed by atoms with E-state index in [2.05, 4.69) is 36.8 Å². The minimum Gasteiger partial charge on any atom is -0.490 e. The predicted octanol–water partition coefficient (Wildman–Crippen LogP) is 5.69. The molecule has 0 bridgehead atoms. The maximum absolute atomic E-state index is 12.3. The minimum absolute atomic E-state index is 0.0305. The summed E-state index contributed by atoms with van der Waals surface area (Å²) in [4.78, 5) is 24.6. The molecule has 0 saturated carbocycles. The first-order chi connectivity index (χ1) is 18.4. The molecular weight excluding hydrogens is 568 g/mol. The lowest BCUT2D eigenvalue weighted by Gasteiger charge is -2.15. The summed E-state index contributed by atoms with van der Waals surface area (Å²) in [5, 5.41) is 13.5. The second kappa shape index (κ2) is 13.3. The zero-order chi connectivity index (χ0) is 26.9. The molecule has 10 heteroatoms. The van der Waals surface area contributed by atoms with E-state index < -0.39 is 5.25 Å².